The van der Waals surface area contributed by atoms with Crippen molar-refractivity contribution in [2.45, 2.75) is 39.7 Å². The summed E-state index contributed by atoms with van der Waals surface area (Å²) in [6, 6.07) is 5.38. The van der Waals surface area contributed by atoms with Gasteiger partial charge in [0.05, 0.1) is 11.6 Å². The summed E-state index contributed by atoms with van der Waals surface area (Å²) in [6.07, 6.45) is 0.259. The van der Waals surface area contributed by atoms with Gasteiger partial charge < -0.3 is 14.4 Å². The van der Waals surface area contributed by atoms with Gasteiger partial charge in [-0.15, -0.1) is 0 Å². The van der Waals surface area contributed by atoms with Crippen LogP contribution in [0.5, 0.6) is 5.75 Å². The van der Waals surface area contributed by atoms with Crippen LogP contribution in [0.25, 0.3) is 10.9 Å². The molecule has 0 radical (unpaired) electrons. The third-order valence-electron chi connectivity index (χ3n) is 3.75. The van der Waals surface area contributed by atoms with Crippen molar-refractivity contribution in [3.63, 3.8) is 0 Å². The summed E-state index contributed by atoms with van der Waals surface area (Å²) < 4.78 is 7.59. The molecule has 5 heteroatoms. The van der Waals surface area contributed by atoms with E-state index in [9.17, 15) is 9.59 Å². The molecule has 0 atom stereocenters. The Morgan fingerprint density at radius 3 is 2.64 bits per heavy atom. The van der Waals surface area contributed by atoms with Gasteiger partial charge in [0.15, 0.2) is 5.43 Å². The van der Waals surface area contributed by atoms with Gasteiger partial charge in [-0.2, -0.15) is 0 Å². The standard InChI is InChI=1S/C17H21NO4/c1-10(2)22-12-5-6-14-15(9-12)18(4)11(3)13(17(14)21)7-8-16(19)20/h5-6,9-10H,7-8H2,1-4H3,(H,19,20). The lowest BCUT2D eigenvalue weighted by molar-refractivity contribution is -0.136. The van der Waals surface area contributed by atoms with Crippen LogP contribution < -0.4 is 10.2 Å². The number of pyridine rings is 1. The third-order valence-corrected chi connectivity index (χ3v) is 3.75. The lowest BCUT2D eigenvalue weighted by Crippen LogP contribution is -2.18. The maximum absolute atomic E-state index is 12.6. The number of hydrogen-bond donors (Lipinski definition) is 1. The number of aryl methyl sites for hydroxylation is 1. The number of carboxylic acids is 1. The van der Waals surface area contributed by atoms with Gasteiger partial charge in [0.2, 0.25) is 0 Å². The minimum Gasteiger partial charge on any atom is -0.491 e. The molecule has 0 unspecified atom stereocenters. The molecule has 5 nitrogen and oxygen atoms in total. The Bertz CT molecular complexity index is 774. The Morgan fingerprint density at radius 1 is 1.36 bits per heavy atom. The van der Waals surface area contributed by atoms with Crippen molar-refractivity contribution >= 4 is 16.9 Å². The molecule has 0 saturated heterocycles. The summed E-state index contributed by atoms with van der Waals surface area (Å²) in [5, 5.41) is 9.42. The van der Waals surface area contributed by atoms with E-state index in [-0.39, 0.29) is 24.4 Å². The van der Waals surface area contributed by atoms with E-state index in [2.05, 4.69) is 0 Å². The molecule has 2 rings (SSSR count). The van der Waals surface area contributed by atoms with Crippen LogP contribution in [0.4, 0.5) is 0 Å². The van der Waals surface area contributed by atoms with Crippen LogP contribution in [0, 0.1) is 6.92 Å². The number of nitrogens with zero attached hydrogens (tertiary/aromatic N) is 1. The zero-order chi connectivity index (χ0) is 16.4. The van der Waals surface area contributed by atoms with Crippen molar-refractivity contribution < 1.29 is 14.6 Å². The zero-order valence-electron chi connectivity index (χ0n) is 13.3. The van der Waals surface area contributed by atoms with E-state index in [1.54, 1.807) is 12.1 Å². The Balaban J connectivity index is 2.59. The quantitative estimate of drug-likeness (QED) is 0.922. The van der Waals surface area contributed by atoms with Crippen LogP contribution in [-0.4, -0.2) is 21.7 Å². The summed E-state index contributed by atoms with van der Waals surface area (Å²) in [5.41, 5.74) is 2.05. The SMILES string of the molecule is Cc1c(CCC(=O)O)c(=O)c2ccc(OC(C)C)cc2n1C. The van der Waals surface area contributed by atoms with E-state index in [0.717, 1.165) is 17.0 Å². The first-order valence-electron chi connectivity index (χ1n) is 7.32. The van der Waals surface area contributed by atoms with E-state index in [1.807, 2.05) is 38.5 Å². The number of benzene rings is 1. The Morgan fingerprint density at radius 2 is 2.05 bits per heavy atom. The molecular formula is C17H21NO4. The predicted octanol–water partition coefficient (Wildman–Crippen LogP) is 2.65. The normalized spacial score (nSPS) is 11.1. The minimum absolute atomic E-state index is 0.0455. The first-order valence-corrected chi connectivity index (χ1v) is 7.32. The molecule has 1 N–H and O–H groups in total. The van der Waals surface area contributed by atoms with Gasteiger partial charge in [0.25, 0.3) is 0 Å². The van der Waals surface area contributed by atoms with Crippen LogP contribution in [0.3, 0.4) is 0 Å². The maximum Gasteiger partial charge on any atom is 0.303 e. The van der Waals surface area contributed by atoms with Crippen LogP contribution >= 0.6 is 0 Å². The molecule has 0 spiro atoms. The highest BCUT2D eigenvalue weighted by Crippen LogP contribution is 2.22. The first-order chi connectivity index (χ1) is 10.3. The van der Waals surface area contributed by atoms with Crippen molar-refractivity contribution in [1.82, 2.24) is 4.57 Å². The molecule has 0 aliphatic rings. The van der Waals surface area contributed by atoms with E-state index in [0.29, 0.717) is 10.9 Å². The minimum atomic E-state index is -0.901. The summed E-state index contributed by atoms with van der Waals surface area (Å²) in [5.74, 6) is -0.183. The largest absolute Gasteiger partial charge is 0.491 e. The smallest absolute Gasteiger partial charge is 0.303 e. The number of carboxylic acid groups (broad SMARTS) is 1. The summed E-state index contributed by atoms with van der Waals surface area (Å²) >= 11 is 0. The average Bonchev–Trinajstić information content (AvgIpc) is 2.44. The first kappa shape index (κ1) is 16.1. The Kier molecular flexibility index (Phi) is 4.54. The highest BCUT2D eigenvalue weighted by Gasteiger charge is 2.14. The molecule has 0 bridgehead atoms. The highest BCUT2D eigenvalue weighted by molar-refractivity contribution is 5.82. The number of ether oxygens (including phenoxy) is 1. The molecule has 0 saturated carbocycles. The monoisotopic (exact) mass is 303 g/mol. The van der Waals surface area contributed by atoms with Crippen LogP contribution in [0.1, 0.15) is 31.5 Å². The lowest BCUT2D eigenvalue weighted by atomic mass is 10.0. The second-order valence-electron chi connectivity index (χ2n) is 5.69. The second kappa shape index (κ2) is 6.22. The fourth-order valence-corrected chi connectivity index (χ4v) is 2.56. The molecule has 2 aromatic rings. The van der Waals surface area contributed by atoms with Gasteiger partial charge in [-0.25, -0.2) is 0 Å². The van der Waals surface area contributed by atoms with E-state index >= 15 is 0 Å². The molecule has 0 fully saturated rings. The van der Waals surface area contributed by atoms with Crippen molar-refractivity contribution in [3.05, 3.63) is 39.7 Å². The third kappa shape index (κ3) is 3.13. The summed E-state index contributed by atoms with van der Waals surface area (Å²) in [4.78, 5) is 23.4. The lowest BCUT2D eigenvalue weighted by Gasteiger charge is -2.16. The molecule has 0 aliphatic heterocycles. The number of fused-ring (bicyclic) bond motifs is 1. The van der Waals surface area contributed by atoms with Crippen molar-refractivity contribution in [1.29, 1.82) is 0 Å². The van der Waals surface area contributed by atoms with Gasteiger partial charge in [-0.05, 0) is 39.3 Å². The molecule has 1 aromatic heterocycles. The molecule has 0 amide bonds. The number of rotatable bonds is 5. The summed E-state index contributed by atoms with van der Waals surface area (Å²) in [7, 11) is 1.88. The molecule has 1 aromatic carbocycles. The Labute approximate surface area is 129 Å². The van der Waals surface area contributed by atoms with Gasteiger partial charge in [-0.1, -0.05) is 0 Å². The average molecular weight is 303 g/mol. The number of aromatic nitrogens is 1. The molecular weight excluding hydrogens is 282 g/mol. The van der Waals surface area contributed by atoms with Crippen LogP contribution in [0.2, 0.25) is 0 Å². The number of hydrogen-bond acceptors (Lipinski definition) is 3. The van der Waals surface area contributed by atoms with E-state index in [1.165, 1.54) is 0 Å². The fourth-order valence-electron chi connectivity index (χ4n) is 2.56. The predicted molar refractivity (Wildman–Crippen MR) is 85.6 cm³/mol. The van der Waals surface area contributed by atoms with Gasteiger partial charge >= 0.3 is 5.97 Å². The number of aliphatic carboxylic acids is 1. The van der Waals surface area contributed by atoms with Crippen LogP contribution in [-0.2, 0) is 18.3 Å². The molecule has 0 aliphatic carbocycles. The van der Waals surface area contributed by atoms with Crippen molar-refractivity contribution in [3.8, 4) is 5.75 Å². The van der Waals surface area contributed by atoms with Crippen molar-refractivity contribution in [2.24, 2.45) is 7.05 Å². The number of carbonyl (C=O) groups is 1. The Hall–Kier alpha value is -2.30. The molecule has 118 valence electrons. The topological polar surface area (TPSA) is 68.5 Å². The maximum atomic E-state index is 12.6. The van der Waals surface area contributed by atoms with Gasteiger partial charge in [-0.3, -0.25) is 9.59 Å². The molecule has 22 heavy (non-hydrogen) atoms. The van der Waals surface area contributed by atoms with E-state index < -0.39 is 5.97 Å². The van der Waals surface area contributed by atoms with Gasteiger partial charge in [0.1, 0.15) is 5.75 Å². The fraction of sp³-hybridized carbons (Fsp3) is 0.412. The van der Waals surface area contributed by atoms with Gasteiger partial charge in [0, 0.05) is 36.2 Å². The second-order valence-corrected chi connectivity index (χ2v) is 5.69. The highest BCUT2D eigenvalue weighted by atomic mass is 16.5. The van der Waals surface area contributed by atoms with Crippen LogP contribution in [0.15, 0.2) is 23.0 Å². The van der Waals surface area contributed by atoms with Crippen molar-refractivity contribution in [2.75, 3.05) is 0 Å². The molecule has 1 heterocycles. The summed E-state index contributed by atoms with van der Waals surface area (Å²) in [6.45, 7) is 5.74. The van der Waals surface area contributed by atoms with E-state index in [4.69, 9.17) is 9.84 Å². The zero-order valence-corrected chi connectivity index (χ0v) is 13.3.